The standard InChI is InChI=1S/C25H21N3O2S2/c1-16-10-12-17(13-11-16)23(29)26-21-8-4-5-9-22(21)31-14-18-15-32-25-27-20-7-3-2-6-19(20)24(30)28(18)25/h2-13,18H,14-15H2,1H3,(H,26,29)/t18-/m1/s1. The zero-order valence-electron chi connectivity index (χ0n) is 17.4. The second-order valence-corrected chi connectivity index (χ2v) is 9.73. The van der Waals surface area contributed by atoms with Gasteiger partial charge in [0.2, 0.25) is 0 Å². The lowest BCUT2D eigenvalue weighted by Gasteiger charge is -2.15. The molecule has 1 aliphatic heterocycles. The van der Waals surface area contributed by atoms with Gasteiger partial charge in [-0.2, -0.15) is 0 Å². The van der Waals surface area contributed by atoms with Crippen LogP contribution in [0.2, 0.25) is 0 Å². The second-order valence-electron chi connectivity index (χ2n) is 7.68. The maximum atomic E-state index is 13.1. The van der Waals surface area contributed by atoms with Crippen molar-refractivity contribution in [2.75, 3.05) is 16.8 Å². The average molecular weight is 460 g/mol. The highest BCUT2D eigenvalue weighted by molar-refractivity contribution is 8.00. The second kappa shape index (κ2) is 8.84. The van der Waals surface area contributed by atoms with Crippen molar-refractivity contribution in [3.63, 3.8) is 0 Å². The minimum atomic E-state index is -0.133. The molecule has 5 rings (SSSR count). The molecule has 0 saturated carbocycles. The Kier molecular flexibility index (Phi) is 5.76. The van der Waals surface area contributed by atoms with Gasteiger partial charge in [0.05, 0.1) is 22.6 Å². The van der Waals surface area contributed by atoms with Crippen LogP contribution >= 0.6 is 23.5 Å². The molecule has 1 aromatic heterocycles. The van der Waals surface area contributed by atoms with Gasteiger partial charge >= 0.3 is 0 Å². The number of nitrogens with zero attached hydrogens (tertiary/aromatic N) is 2. The number of anilines is 1. The Bertz CT molecular complexity index is 1370. The summed E-state index contributed by atoms with van der Waals surface area (Å²) < 4.78 is 1.83. The largest absolute Gasteiger partial charge is 0.321 e. The van der Waals surface area contributed by atoms with E-state index in [4.69, 9.17) is 0 Å². The van der Waals surface area contributed by atoms with E-state index < -0.39 is 0 Å². The monoisotopic (exact) mass is 459 g/mol. The van der Waals surface area contributed by atoms with E-state index in [9.17, 15) is 9.59 Å². The van der Waals surface area contributed by atoms with E-state index in [1.807, 2.05) is 84.3 Å². The van der Waals surface area contributed by atoms with Gasteiger partial charge in [0.25, 0.3) is 11.5 Å². The fourth-order valence-electron chi connectivity index (χ4n) is 3.70. The van der Waals surface area contributed by atoms with Crippen LogP contribution in [0.3, 0.4) is 0 Å². The van der Waals surface area contributed by atoms with E-state index in [1.165, 1.54) is 0 Å². The summed E-state index contributed by atoms with van der Waals surface area (Å²) in [5.74, 6) is 1.40. The van der Waals surface area contributed by atoms with E-state index >= 15 is 0 Å². The number of aryl methyl sites for hydroxylation is 1. The Morgan fingerprint density at radius 2 is 1.84 bits per heavy atom. The number of aromatic nitrogens is 2. The smallest absolute Gasteiger partial charge is 0.262 e. The molecule has 3 aromatic carbocycles. The average Bonchev–Trinajstić information content (AvgIpc) is 3.22. The van der Waals surface area contributed by atoms with Crippen LogP contribution in [0.5, 0.6) is 0 Å². The molecule has 7 heteroatoms. The minimum absolute atomic E-state index is 0.0159. The number of thioether (sulfide) groups is 2. The Morgan fingerprint density at radius 1 is 1.09 bits per heavy atom. The van der Waals surface area contributed by atoms with Gasteiger partial charge in [0, 0.05) is 22.0 Å². The molecular weight excluding hydrogens is 438 g/mol. The van der Waals surface area contributed by atoms with Crippen LogP contribution in [0.25, 0.3) is 10.9 Å². The molecule has 0 bridgehead atoms. The third-order valence-electron chi connectivity index (χ3n) is 5.43. The first-order valence-corrected chi connectivity index (χ1v) is 12.3. The van der Waals surface area contributed by atoms with Gasteiger partial charge in [-0.05, 0) is 43.3 Å². The van der Waals surface area contributed by atoms with E-state index in [0.717, 1.165) is 38.3 Å². The van der Waals surface area contributed by atoms with Crippen molar-refractivity contribution >= 4 is 46.0 Å². The molecule has 0 aliphatic carbocycles. The third kappa shape index (κ3) is 4.06. The molecular formula is C25H21N3O2S2. The lowest BCUT2D eigenvalue weighted by molar-refractivity contribution is 0.102. The van der Waals surface area contributed by atoms with Crippen molar-refractivity contribution in [3.05, 3.63) is 94.3 Å². The summed E-state index contributed by atoms with van der Waals surface area (Å²) in [4.78, 5) is 31.4. The quantitative estimate of drug-likeness (QED) is 0.320. The van der Waals surface area contributed by atoms with Crippen molar-refractivity contribution in [1.29, 1.82) is 0 Å². The van der Waals surface area contributed by atoms with E-state index in [1.54, 1.807) is 23.5 Å². The van der Waals surface area contributed by atoms with Crippen LogP contribution in [-0.4, -0.2) is 27.0 Å². The topological polar surface area (TPSA) is 64.0 Å². The molecule has 0 radical (unpaired) electrons. The molecule has 1 amide bonds. The van der Waals surface area contributed by atoms with Gasteiger partial charge in [-0.15, -0.1) is 11.8 Å². The van der Waals surface area contributed by atoms with Gasteiger partial charge in [-0.3, -0.25) is 14.2 Å². The number of nitrogens with one attached hydrogen (secondary N) is 1. The normalized spacial score (nSPS) is 15.0. The van der Waals surface area contributed by atoms with Gasteiger partial charge in [-0.25, -0.2) is 4.98 Å². The number of rotatable bonds is 5. The predicted molar refractivity (Wildman–Crippen MR) is 132 cm³/mol. The highest BCUT2D eigenvalue weighted by Gasteiger charge is 2.26. The molecule has 0 spiro atoms. The van der Waals surface area contributed by atoms with Gasteiger partial charge < -0.3 is 5.32 Å². The fraction of sp³-hybridized carbons (Fsp3) is 0.160. The lowest BCUT2D eigenvalue weighted by atomic mass is 10.1. The Hall–Kier alpha value is -3.03. The molecule has 1 N–H and O–H groups in total. The maximum Gasteiger partial charge on any atom is 0.262 e. The van der Waals surface area contributed by atoms with Gasteiger partial charge in [0.1, 0.15) is 0 Å². The summed E-state index contributed by atoms with van der Waals surface area (Å²) in [5.41, 5.74) is 3.28. The summed E-state index contributed by atoms with van der Waals surface area (Å²) in [5, 5.41) is 4.46. The Morgan fingerprint density at radius 3 is 2.69 bits per heavy atom. The summed E-state index contributed by atoms with van der Waals surface area (Å²) in [6.07, 6.45) is 0. The lowest BCUT2D eigenvalue weighted by Crippen LogP contribution is -2.26. The molecule has 5 nitrogen and oxygen atoms in total. The molecule has 1 atom stereocenters. The molecule has 4 aromatic rings. The maximum absolute atomic E-state index is 13.1. The van der Waals surface area contributed by atoms with Crippen molar-refractivity contribution in [1.82, 2.24) is 9.55 Å². The Labute approximate surface area is 194 Å². The number of amides is 1. The van der Waals surface area contributed by atoms with Crippen molar-refractivity contribution in [2.24, 2.45) is 0 Å². The van der Waals surface area contributed by atoms with E-state index in [-0.39, 0.29) is 17.5 Å². The number of hydrogen-bond donors (Lipinski definition) is 1. The number of fused-ring (bicyclic) bond motifs is 2. The number of carbonyl (C=O) groups excluding carboxylic acids is 1. The zero-order chi connectivity index (χ0) is 22.1. The van der Waals surface area contributed by atoms with Crippen molar-refractivity contribution in [2.45, 2.75) is 23.0 Å². The van der Waals surface area contributed by atoms with Crippen LogP contribution < -0.4 is 10.9 Å². The predicted octanol–water partition coefficient (Wildman–Crippen LogP) is 5.40. The first-order chi connectivity index (χ1) is 15.6. The molecule has 160 valence electrons. The SMILES string of the molecule is Cc1ccc(C(=O)Nc2ccccc2SC[C@@H]2CSc3nc4ccccc4c(=O)n32)cc1. The number of para-hydroxylation sites is 2. The highest BCUT2D eigenvalue weighted by atomic mass is 32.2. The number of benzene rings is 3. The van der Waals surface area contributed by atoms with Crippen LogP contribution in [-0.2, 0) is 0 Å². The first kappa shape index (κ1) is 20.8. The molecule has 0 fully saturated rings. The summed E-state index contributed by atoms with van der Waals surface area (Å²) in [6, 6.07) is 22.8. The fourth-order valence-corrected chi connectivity index (χ4v) is 6.08. The zero-order valence-corrected chi connectivity index (χ0v) is 19.1. The van der Waals surface area contributed by atoms with Crippen molar-refractivity contribution < 1.29 is 4.79 Å². The van der Waals surface area contributed by atoms with Gasteiger partial charge in [-0.1, -0.05) is 53.7 Å². The van der Waals surface area contributed by atoms with E-state index in [0.29, 0.717) is 10.9 Å². The Balaban J connectivity index is 1.35. The van der Waals surface area contributed by atoms with Crippen LogP contribution in [0.15, 0.2) is 87.6 Å². The van der Waals surface area contributed by atoms with Crippen LogP contribution in [0, 0.1) is 6.92 Å². The summed E-state index contributed by atoms with van der Waals surface area (Å²) in [7, 11) is 0. The van der Waals surface area contributed by atoms with E-state index in [2.05, 4.69) is 10.3 Å². The highest BCUT2D eigenvalue weighted by Crippen LogP contribution is 2.36. The molecule has 2 heterocycles. The molecule has 0 saturated heterocycles. The number of carbonyl (C=O) groups is 1. The van der Waals surface area contributed by atoms with Crippen LogP contribution in [0.1, 0.15) is 22.0 Å². The van der Waals surface area contributed by atoms with Gasteiger partial charge in [0.15, 0.2) is 5.16 Å². The van der Waals surface area contributed by atoms with Crippen molar-refractivity contribution in [3.8, 4) is 0 Å². The molecule has 0 unspecified atom stereocenters. The summed E-state index contributed by atoms with van der Waals surface area (Å²) >= 11 is 3.27. The number of hydrogen-bond acceptors (Lipinski definition) is 5. The first-order valence-electron chi connectivity index (χ1n) is 10.3. The molecule has 32 heavy (non-hydrogen) atoms. The molecule has 1 aliphatic rings. The summed E-state index contributed by atoms with van der Waals surface area (Å²) in [6.45, 7) is 2.00. The van der Waals surface area contributed by atoms with Crippen LogP contribution in [0.4, 0.5) is 5.69 Å². The third-order valence-corrected chi connectivity index (χ3v) is 7.74. The minimum Gasteiger partial charge on any atom is -0.321 e.